The van der Waals surface area contributed by atoms with Gasteiger partial charge in [-0.1, -0.05) is 18.2 Å². The van der Waals surface area contributed by atoms with Gasteiger partial charge in [-0.3, -0.25) is 4.31 Å². The van der Waals surface area contributed by atoms with Gasteiger partial charge >= 0.3 is 0 Å². The van der Waals surface area contributed by atoms with E-state index in [0.717, 1.165) is 35.4 Å². The van der Waals surface area contributed by atoms with Crippen LogP contribution in [-0.2, 0) is 22.9 Å². The molecule has 6 heteroatoms. The summed E-state index contributed by atoms with van der Waals surface area (Å²) in [5, 5.41) is 0. The van der Waals surface area contributed by atoms with Crippen LogP contribution in [0.4, 0.5) is 5.69 Å². The second kappa shape index (κ2) is 5.79. The SMILES string of the molecule is NCCc1ccc(S(=O)(=O)N2CCCc3ccccc32)s1. The second-order valence-corrected chi connectivity index (χ2v) is 8.33. The lowest BCUT2D eigenvalue weighted by Gasteiger charge is -2.29. The highest BCUT2D eigenvalue weighted by molar-refractivity contribution is 7.94. The normalized spacial score (nSPS) is 15.0. The van der Waals surface area contributed by atoms with Gasteiger partial charge in [0.2, 0.25) is 0 Å². The molecule has 0 atom stereocenters. The Kier molecular flexibility index (Phi) is 4.01. The molecule has 112 valence electrons. The van der Waals surface area contributed by atoms with Gasteiger partial charge in [0.05, 0.1) is 5.69 Å². The van der Waals surface area contributed by atoms with Crippen LogP contribution in [0.25, 0.3) is 0 Å². The molecule has 4 nitrogen and oxygen atoms in total. The molecular formula is C15H18N2O2S2. The summed E-state index contributed by atoms with van der Waals surface area (Å²) in [4.78, 5) is 1.02. The van der Waals surface area contributed by atoms with Crippen molar-refractivity contribution in [1.29, 1.82) is 0 Å². The number of benzene rings is 1. The van der Waals surface area contributed by atoms with E-state index in [1.807, 2.05) is 30.3 Å². The molecule has 21 heavy (non-hydrogen) atoms. The summed E-state index contributed by atoms with van der Waals surface area (Å²) in [6, 6.07) is 11.3. The molecule has 0 saturated carbocycles. The van der Waals surface area contributed by atoms with E-state index in [0.29, 0.717) is 17.3 Å². The molecule has 0 amide bonds. The highest BCUT2D eigenvalue weighted by Crippen LogP contribution is 2.34. The first-order chi connectivity index (χ1) is 10.1. The smallest absolute Gasteiger partial charge is 0.273 e. The second-order valence-electron chi connectivity index (χ2n) is 5.07. The highest BCUT2D eigenvalue weighted by Gasteiger charge is 2.29. The molecule has 0 aliphatic carbocycles. The van der Waals surface area contributed by atoms with Gasteiger partial charge in [-0.2, -0.15) is 0 Å². The molecule has 1 aromatic heterocycles. The Morgan fingerprint density at radius 3 is 2.81 bits per heavy atom. The van der Waals surface area contributed by atoms with Crippen molar-refractivity contribution in [2.45, 2.75) is 23.5 Å². The average molecular weight is 322 g/mol. The van der Waals surface area contributed by atoms with Gasteiger partial charge in [0.25, 0.3) is 10.0 Å². The zero-order chi connectivity index (χ0) is 14.9. The van der Waals surface area contributed by atoms with Gasteiger partial charge in [0.1, 0.15) is 4.21 Å². The van der Waals surface area contributed by atoms with E-state index in [-0.39, 0.29) is 0 Å². The quantitative estimate of drug-likeness (QED) is 0.940. The number of rotatable bonds is 4. The maximum absolute atomic E-state index is 12.9. The van der Waals surface area contributed by atoms with Crippen LogP contribution in [0.1, 0.15) is 16.9 Å². The van der Waals surface area contributed by atoms with Crippen LogP contribution >= 0.6 is 11.3 Å². The van der Waals surface area contributed by atoms with Crippen LogP contribution < -0.4 is 10.0 Å². The Balaban J connectivity index is 1.99. The van der Waals surface area contributed by atoms with Crippen LogP contribution in [0.2, 0.25) is 0 Å². The fraction of sp³-hybridized carbons (Fsp3) is 0.333. The fourth-order valence-corrected chi connectivity index (χ4v) is 5.66. The predicted molar refractivity (Wildman–Crippen MR) is 86.4 cm³/mol. The Labute approximate surface area is 129 Å². The number of para-hydroxylation sites is 1. The molecule has 0 radical (unpaired) electrons. The molecule has 2 aromatic rings. The van der Waals surface area contributed by atoms with Gasteiger partial charge in [-0.25, -0.2) is 8.42 Å². The summed E-state index contributed by atoms with van der Waals surface area (Å²) < 4.78 is 27.7. The number of aryl methyl sites for hydroxylation is 1. The van der Waals surface area contributed by atoms with Crippen LogP contribution in [0.3, 0.4) is 0 Å². The van der Waals surface area contributed by atoms with E-state index in [4.69, 9.17) is 5.73 Å². The predicted octanol–water partition coefficient (Wildman–Crippen LogP) is 2.39. The number of nitrogens with two attached hydrogens (primary N) is 1. The number of anilines is 1. The third kappa shape index (κ3) is 2.71. The summed E-state index contributed by atoms with van der Waals surface area (Å²) in [5.74, 6) is 0. The summed E-state index contributed by atoms with van der Waals surface area (Å²) in [5.41, 5.74) is 7.45. The molecule has 1 aliphatic heterocycles. The van der Waals surface area contributed by atoms with Crippen LogP contribution in [0.5, 0.6) is 0 Å². The zero-order valence-corrected chi connectivity index (χ0v) is 13.3. The third-order valence-corrected chi connectivity index (χ3v) is 7.07. The van der Waals surface area contributed by atoms with E-state index in [2.05, 4.69) is 0 Å². The van der Waals surface area contributed by atoms with Crippen molar-refractivity contribution < 1.29 is 8.42 Å². The molecular weight excluding hydrogens is 304 g/mol. The zero-order valence-electron chi connectivity index (χ0n) is 11.7. The van der Waals surface area contributed by atoms with Gasteiger partial charge in [0, 0.05) is 11.4 Å². The molecule has 0 saturated heterocycles. The monoisotopic (exact) mass is 322 g/mol. The number of nitrogens with zero attached hydrogens (tertiary/aromatic N) is 1. The number of sulfonamides is 1. The van der Waals surface area contributed by atoms with Crippen molar-refractivity contribution in [2.75, 3.05) is 17.4 Å². The lowest BCUT2D eigenvalue weighted by molar-refractivity contribution is 0.588. The maximum atomic E-state index is 12.9. The van der Waals surface area contributed by atoms with E-state index in [1.165, 1.54) is 11.3 Å². The molecule has 0 spiro atoms. The molecule has 3 rings (SSSR count). The summed E-state index contributed by atoms with van der Waals surface area (Å²) in [7, 11) is -3.46. The lowest BCUT2D eigenvalue weighted by Crippen LogP contribution is -2.35. The Bertz CT molecular complexity index is 738. The standard InChI is InChI=1S/C15H18N2O2S2/c16-10-9-13-7-8-15(20-13)21(18,19)17-11-3-5-12-4-1-2-6-14(12)17/h1-2,4,6-8H,3,5,9-11,16H2. The summed E-state index contributed by atoms with van der Waals surface area (Å²) in [6.45, 7) is 1.08. The molecule has 0 unspecified atom stereocenters. The van der Waals surface area contributed by atoms with Gasteiger partial charge in [-0.05, 0) is 49.6 Å². The topological polar surface area (TPSA) is 63.4 Å². The Morgan fingerprint density at radius 1 is 1.19 bits per heavy atom. The van der Waals surface area contributed by atoms with E-state index < -0.39 is 10.0 Å². The Morgan fingerprint density at radius 2 is 2.00 bits per heavy atom. The minimum absolute atomic E-state index is 0.405. The van der Waals surface area contributed by atoms with Crippen molar-refractivity contribution in [3.05, 3.63) is 46.8 Å². The molecule has 1 aliphatic rings. The Hall–Kier alpha value is -1.37. The minimum atomic E-state index is -3.46. The first kappa shape index (κ1) is 14.6. The average Bonchev–Trinajstić information content (AvgIpc) is 2.96. The van der Waals surface area contributed by atoms with Crippen LogP contribution in [0.15, 0.2) is 40.6 Å². The third-order valence-electron chi connectivity index (χ3n) is 3.64. The summed E-state index contributed by atoms with van der Waals surface area (Å²) >= 11 is 1.32. The van der Waals surface area contributed by atoms with E-state index in [1.54, 1.807) is 10.4 Å². The highest BCUT2D eigenvalue weighted by atomic mass is 32.2. The van der Waals surface area contributed by atoms with Crippen molar-refractivity contribution >= 4 is 27.0 Å². The van der Waals surface area contributed by atoms with E-state index >= 15 is 0 Å². The van der Waals surface area contributed by atoms with Crippen molar-refractivity contribution in [3.63, 3.8) is 0 Å². The lowest BCUT2D eigenvalue weighted by atomic mass is 10.0. The van der Waals surface area contributed by atoms with Crippen LogP contribution in [0, 0.1) is 0 Å². The summed E-state index contributed by atoms with van der Waals surface area (Å²) in [6.07, 6.45) is 2.51. The van der Waals surface area contributed by atoms with Crippen molar-refractivity contribution in [1.82, 2.24) is 0 Å². The largest absolute Gasteiger partial charge is 0.330 e. The number of hydrogen-bond donors (Lipinski definition) is 1. The van der Waals surface area contributed by atoms with Gasteiger partial charge in [-0.15, -0.1) is 11.3 Å². The fourth-order valence-electron chi connectivity index (χ4n) is 2.63. The molecule has 0 fully saturated rings. The van der Waals surface area contributed by atoms with Crippen molar-refractivity contribution in [3.8, 4) is 0 Å². The first-order valence-electron chi connectivity index (χ1n) is 7.02. The van der Waals surface area contributed by atoms with Gasteiger partial charge < -0.3 is 5.73 Å². The molecule has 2 N–H and O–H groups in total. The number of thiophene rings is 1. The molecule has 1 aromatic carbocycles. The number of hydrogen-bond acceptors (Lipinski definition) is 4. The minimum Gasteiger partial charge on any atom is -0.330 e. The maximum Gasteiger partial charge on any atom is 0.273 e. The van der Waals surface area contributed by atoms with Gasteiger partial charge in [0.15, 0.2) is 0 Å². The molecule has 2 heterocycles. The number of fused-ring (bicyclic) bond motifs is 1. The van der Waals surface area contributed by atoms with Crippen LogP contribution in [-0.4, -0.2) is 21.5 Å². The van der Waals surface area contributed by atoms with E-state index in [9.17, 15) is 8.42 Å². The van der Waals surface area contributed by atoms with Crippen molar-refractivity contribution in [2.24, 2.45) is 5.73 Å². The first-order valence-corrected chi connectivity index (χ1v) is 9.28. The molecule has 0 bridgehead atoms.